The summed E-state index contributed by atoms with van der Waals surface area (Å²) in [5, 5.41) is 8.87. The molecule has 2 aromatic heterocycles. The van der Waals surface area contributed by atoms with E-state index in [9.17, 15) is 13.2 Å². The minimum Gasteiger partial charge on any atom is -0.478 e. The Morgan fingerprint density at radius 1 is 1.12 bits per heavy atom. The number of nitrogens with zero attached hydrogens (tertiary/aromatic N) is 2. The maximum Gasteiger partial charge on any atom is 0.335 e. The molecule has 0 spiro atoms. The minimum absolute atomic E-state index is 0.00821. The molecule has 2 heterocycles. The van der Waals surface area contributed by atoms with Gasteiger partial charge in [-0.2, -0.15) is 0 Å². The van der Waals surface area contributed by atoms with Crippen molar-refractivity contribution < 1.29 is 18.3 Å². The molecule has 0 aliphatic heterocycles. The molecule has 0 atom stereocenters. The summed E-state index contributed by atoms with van der Waals surface area (Å²) < 4.78 is 29.1. The van der Waals surface area contributed by atoms with E-state index in [4.69, 9.17) is 5.11 Å². The minimum atomic E-state index is -3.81. The van der Waals surface area contributed by atoms with Crippen LogP contribution < -0.4 is 4.72 Å². The molecule has 0 radical (unpaired) electrons. The van der Waals surface area contributed by atoms with Gasteiger partial charge in [0.25, 0.3) is 10.0 Å². The van der Waals surface area contributed by atoms with Crippen LogP contribution in [0.1, 0.15) is 21.7 Å². The SMILES string of the molecule is Cc1nc2ccc(NS(=O)(=O)c3ccc(C(=O)O)cc3)cn2c1C. The summed E-state index contributed by atoms with van der Waals surface area (Å²) >= 11 is 0. The highest BCUT2D eigenvalue weighted by atomic mass is 32.2. The predicted octanol–water partition coefficient (Wildman–Crippen LogP) is 2.45. The Morgan fingerprint density at radius 2 is 1.79 bits per heavy atom. The van der Waals surface area contributed by atoms with Crippen LogP contribution in [0.25, 0.3) is 5.65 Å². The van der Waals surface area contributed by atoms with Crippen LogP contribution in [0.3, 0.4) is 0 Å². The predicted molar refractivity (Wildman–Crippen MR) is 88.9 cm³/mol. The number of carboxylic acid groups (broad SMARTS) is 1. The molecule has 24 heavy (non-hydrogen) atoms. The standard InChI is InChI=1S/C16H15N3O4S/c1-10-11(2)19-9-13(5-8-15(19)17-10)18-24(22,23)14-6-3-12(4-7-14)16(20)21/h3-9,18H,1-2H3,(H,20,21). The van der Waals surface area contributed by atoms with Crippen molar-refractivity contribution in [3.63, 3.8) is 0 Å². The number of anilines is 1. The first kappa shape index (κ1) is 16.0. The lowest BCUT2D eigenvalue weighted by Gasteiger charge is -2.09. The normalized spacial score (nSPS) is 11.6. The first-order valence-corrected chi connectivity index (χ1v) is 8.58. The van der Waals surface area contributed by atoms with E-state index in [0.29, 0.717) is 5.69 Å². The number of aromatic nitrogens is 2. The van der Waals surface area contributed by atoms with Gasteiger partial charge in [0.15, 0.2) is 0 Å². The second kappa shape index (κ2) is 5.64. The third kappa shape index (κ3) is 2.83. The molecule has 0 aliphatic rings. The van der Waals surface area contributed by atoms with Crippen molar-refractivity contribution in [3.8, 4) is 0 Å². The van der Waals surface area contributed by atoms with E-state index in [1.54, 1.807) is 22.7 Å². The number of hydrogen-bond acceptors (Lipinski definition) is 4. The summed E-state index contributed by atoms with van der Waals surface area (Å²) in [4.78, 5) is 15.2. The summed E-state index contributed by atoms with van der Waals surface area (Å²) in [7, 11) is -3.81. The van der Waals surface area contributed by atoms with E-state index in [1.165, 1.54) is 24.3 Å². The Hall–Kier alpha value is -2.87. The largest absolute Gasteiger partial charge is 0.478 e. The number of hydrogen-bond donors (Lipinski definition) is 2. The number of carbonyl (C=O) groups is 1. The highest BCUT2D eigenvalue weighted by Gasteiger charge is 2.16. The van der Waals surface area contributed by atoms with Gasteiger partial charge in [0.2, 0.25) is 0 Å². The molecule has 0 saturated carbocycles. The van der Waals surface area contributed by atoms with E-state index in [-0.39, 0.29) is 10.5 Å². The number of aryl methyl sites for hydroxylation is 2. The molecular formula is C16H15N3O4S. The van der Waals surface area contributed by atoms with Gasteiger partial charge in [-0.3, -0.25) is 4.72 Å². The fourth-order valence-electron chi connectivity index (χ4n) is 2.33. The zero-order chi connectivity index (χ0) is 17.5. The highest BCUT2D eigenvalue weighted by Crippen LogP contribution is 2.19. The van der Waals surface area contributed by atoms with E-state index in [1.807, 2.05) is 13.8 Å². The summed E-state index contributed by atoms with van der Waals surface area (Å²) in [5.41, 5.74) is 2.96. The molecule has 0 aliphatic carbocycles. The molecule has 1 aromatic carbocycles. The number of sulfonamides is 1. The van der Waals surface area contributed by atoms with Crippen LogP contribution in [0.4, 0.5) is 5.69 Å². The summed E-state index contributed by atoms with van der Waals surface area (Å²) in [6, 6.07) is 8.39. The zero-order valence-corrected chi connectivity index (χ0v) is 13.8. The third-order valence-corrected chi connectivity index (χ3v) is 5.16. The molecule has 3 rings (SSSR count). The highest BCUT2D eigenvalue weighted by molar-refractivity contribution is 7.92. The van der Waals surface area contributed by atoms with Gasteiger partial charge in [0, 0.05) is 11.9 Å². The Labute approximate surface area is 138 Å². The average Bonchev–Trinajstić information content (AvgIpc) is 2.82. The van der Waals surface area contributed by atoms with Gasteiger partial charge in [-0.1, -0.05) is 0 Å². The molecule has 3 aromatic rings. The fourth-order valence-corrected chi connectivity index (χ4v) is 3.37. The fraction of sp³-hybridized carbons (Fsp3) is 0.125. The number of imidazole rings is 1. The summed E-state index contributed by atoms with van der Waals surface area (Å²) in [6.45, 7) is 3.79. The number of pyridine rings is 1. The van der Waals surface area contributed by atoms with E-state index >= 15 is 0 Å². The maximum absolute atomic E-state index is 12.4. The first-order chi connectivity index (χ1) is 11.3. The number of rotatable bonds is 4. The van der Waals surface area contributed by atoms with E-state index in [2.05, 4.69) is 9.71 Å². The van der Waals surface area contributed by atoms with E-state index in [0.717, 1.165) is 17.0 Å². The second-order valence-corrected chi connectivity index (χ2v) is 7.05. The molecule has 7 nitrogen and oxygen atoms in total. The van der Waals surface area contributed by atoms with Gasteiger partial charge in [-0.25, -0.2) is 18.2 Å². The molecule has 0 unspecified atom stereocenters. The van der Waals surface area contributed by atoms with Crippen LogP contribution in [-0.4, -0.2) is 28.9 Å². The lowest BCUT2D eigenvalue weighted by Crippen LogP contribution is -2.13. The molecule has 0 fully saturated rings. The quantitative estimate of drug-likeness (QED) is 0.756. The Bertz CT molecular complexity index is 1040. The Kier molecular flexibility index (Phi) is 3.76. The summed E-state index contributed by atoms with van der Waals surface area (Å²) in [5.74, 6) is -1.11. The van der Waals surface area contributed by atoms with Crippen molar-refractivity contribution in [2.24, 2.45) is 0 Å². The first-order valence-electron chi connectivity index (χ1n) is 7.09. The molecular weight excluding hydrogens is 330 g/mol. The number of fused-ring (bicyclic) bond motifs is 1. The average molecular weight is 345 g/mol. The van der Waals surface area contributed by atoms with Crippen LogP contribution in [0, 0.1) is 13.8 Å². The van der Waals surface area contributed by atoms with Gasteiger partial charge >= 0.3 is 5.97 Å². The van der Waals surface area contributed by atoms with Crippen molar-refractivity contribution in [2.75, 3.05) is 4.72 Å². The van der Waals surface area contributed by atoms with Crippen LogP contribution in [-0.2, 0) is 10.0 Å². The second-order valence-electron chi connectivity index (χ2n) is 5.36. The van der Waals surface area contributed by atoms with Crippen molar-refractivity contribution in [3.05, 3.63) is 59.5 Å². The number of carboxylic acids is 1. The molecule has 0 saturated heterocycles. The molecule has 2 N–H and O–H groups in total. The Morgan fingerprint density at radius 3 is 2.42 bits per heavy atom. The number of nitrogens with one attached hydrogen (secondary N) is 1. The Balaban J connectivity index is 1.94. The topological polar surface area (TPSA) is 101 Å². The summed E-state index contributed by atoms with van der Waals surface area (Å²) in [6.07, 6.45) is 1.66. The van der Waals surface area contributed by atoms with Crippen molar-refractivity contribution in [1.82, 2.24) is 9.38 Å². The molecule has 0 amide bonds. The van der Waals surface area contributed by atoms with Crippen molar-refractivity contribution >= 4 is 27.3 Å². The van der Waals surface area contributed by atoms with Crippen molar-refractivity contribution in [2.45, 2.75) is 18.7 Å². The van der Waals surface area contributed by atoms with Crippen LogP contribution in [0.5, 0.6) is 0 Å². The smallest absolute Gasteiger partial charge is 0.335 e. The zero-order valence-electron chi connectivity index (χ0n) is 13.0. The number of benzene rings is 1. The van der Waals surface area contributed by atoms with Crippen LogP contribution in [0.2, 0.25) is 0 Å². The van der Waals surface area contributed by atoms with Crippen LogP contribution in [0.15, 0.2) is 47.5 Å². The van der Waals surface area contributed by atoms with Gasteiger partial charge in [-0.15, -0.1) is 0 Å². The van der Waals surface area contributed by atoms with Gasteiger partial charge in [-0.05, 0) is 50.2 Å². The van der Waals surface area contributed by atoms with Crippen molar-refractivity contribution in [1.29, 1.82) is 0 Å². The molecule has 0 bridgehead atoms. The molecule has 124 valence electrons. The van der Waals surface area contributed by atoms with E-state index < -0.39 is 16.0 Å². The lowest BCUT2D eigenvalue weighted by atomic mass is 10.2. The third-order valence-electron chi connectivity index (χ3n) is 3.76. The molecule has 8 heteroatoms. The van der Waals surface area contributed by atoms with Gasteiger partial charge < -0.3 is 9.51 Å². The van der Waals surface area contributed by atoms with Gasteiger partial charge in [0.05, 0.1) is 21.8 Å². The number of aromatic carboxylic acids is 1. The lowest BCUT2D eigenvalue weighted by molar-refractivity contribution is 0.0696. The van der Waals surface area contributed by atoms with Gasteiger partial charge in [0.1, 0.15) is 5.65 Å². The maximum atomic E-state index is 12.4. The monoisotopic (exact) mass is 345 g/mol. The van der Waals surface area contributed by atoms with Crippen LogP contribution >= 0.6 is 0 Å².